The summed E-state index contributed by atoms with van der Waals surface area (Å²) in [5.41, 5.74) is 1.46. The summed E-state index contributed by atoms with van der Waals surface area (Å²) in [4.78, 5) is 15.9. The largest absolute Gasteiger partial charge is 0.388 e. The van der Waals surface area contributed by atoms with Crippen molar-refractivity contribution in [2.75, 3.05) is 10.6 Å². The molecule has 0 saturated heterocycles. The van der Waals surface area contributed by atoms with Crippen LogP contribution in [-0.4, -0.2) is 27.8 Å². The number of fused-ring (bicyclic) bond motifs is 2. The molecule has 1 aromatic heterocycles. The highest BCUT2D eigenvalue weighted by Crippen LogP contribution is 2.44. The molecule has 2 heterocycles. The van der Waals surface area contributed by atoms with E-state index in [0.29, 0.717) is 16.8 Å². The smallest absolute Gasteiger partial charge is 0.319 e. The van der Waals surface area contributed by atoms with Gasteiger partial charge in [0.15, 0.2) is 0 Å². The molecule has 2 amide bonds. The number of anilines is 2. The van der Waals surface area contributed by atoms with Crippen LogP contribution in [0.3, 0.4) is 0 Å². The zero-order valence-corrected chi connectivity index (χ0v) is 19.5. The van der Waals surface area contributed by atoms with Crippen LogP contribution in [0.5, 0.6) is 0 Å². The molecular weight excluding hydrogens is 450 g/mol. The van der Waals surface area contributed by atoms with Crippen molar-refractivity contribution in [2.45, 2.75) is 38.5 Å². The lowest BCUT2D eigenvalue weighted by molar-refractivity contribution is 0.0712. The summed E-state index contributed by atoms with van der Waals surface area (Å²) in [7, 11) is 0. The summed E-state index contributed by atoms with van der Waals surface area (Å²) in [5, 5.41) is 20.4. The van der Waals surface area contributed by atoms with E-state index in [1.807, 2.05) is 19.1 Å². The fourth-order valence-electron chi connectivity index (χ4n) is 4.77. The number of benzene rings is 3. The van der Waals surface area contributed by atoms with Crippen molar-refractivity contribution in [3.05, 3.63) is 83.6 Å². The number of nitrogens with one attached hydrogen (secondary N) is 4. The van der Waals surface area contributed by atoms with Gasteiger partial charge in [0.05, 0.1) is 22.7 Å². The Balaban J connectivity index is 1.62. The number of hydrogen-bond donors (Lipinski definition) is 5. The van der Waals surface area contributed by atoms with Crippen LogP contribution < -0.4 is 16.0 Å². The van der Waals surface area contributed by atoms with E-state index in [-0.39, 0.29) is 16.8 Å². The van der Waals surface area contributed by atoms with Crippen molar-refractivity contribution >= 4 is 28.3 Å². The van der Waals surface area contributed by atoms with Gasteiger partial charge in [0.1, 0.15) is 17.7 Å². The number of hydrogen-bond acceptors (Lipinski definition) is 3. The zero-order valence-electron chi connectivity index (χ0n) is 19.5. The Kier molecular flexibility index (Phi) is 5.48. The van der Waals surface area contributed by atoms with Gasteiger partial charge < -0.3 is 26.0 Å². The number of urea groups is 1. The normalized spacial score (nSPS) is 18.6. The van der Waals surface area contributed by atoms with Crippen LogP contribution >= 0.6 is 0 Å². The molecule has 35 heavy (non-hydrogen) atoms. The quantitative estimate of drug-likeness (QED) is 0.257. The molecule has 0 bridgehead atoms. The lowest BCUT2D eigenvalue weighted by Gasteiger charge is -2.43. The Hall–Kier alpha value is -3.91. The second kappa shape index (κ2) is 8.39. The first-order valence-corrected chi connectivity index (χ1v) is 11.3. The third kappa shape index (κ3) is 3.89. The molecule has 1 unspecified atom stereocenters. The fourth-order valence-corrected chi connectivity index (χ4v) is 4.77. The van der Waals surface area contributed by atoms with E-state index in [9.17, 15) is 9.90 Å². The van der Waals surface area contributed by atoms with Gasteiger partial charge in [0.2, 0.25) is 0 Å². The molecule has 1 aliphatic rings. The van der Waals surface area contributed by atoms with Crippen molar-refractivity contribution in [1.82, 2.24) is 10.3 Å². The van der Waals surface area contributed by atoms with E-state index < -0.39 is 35.4 Å². The number of aromatic amines is 1. The van der Waals surface area contributed by atoms with Gasteiger partial charge in [-0.3, -0.25) is 0 Å². The molecule has 6 nitrogen and oxygen atoms in total. The van der Waals surface area contributed by atoms with Crippen LogP contribution in [0.2, 0.25) is 0 Å². The SMILES string of the molecule is Cc1c[nH]c2c(-c3c(F)cc4c(c3F)[C@H](NC(=O)Nc3ccccc3)C(O)C(C)(C)N4)cccc12. The summed E-state index contributed by atoms with van der Waals surface area (Å²) in [5.74, 6) is -1.58. The maximum atomic E-state index is 16.2. The summed E-state index contributed by atoms with van der Waals surface area (Å²) in [6, 6.07) is 13.5. The number of carbonyl (C=O) groups excluding carboxylic acids is 1. The Labute approximate surface area is 201 Å². The van der Waals surface area contributed by atoms with Gasteiger partial charge in [-0.15, -0.1) is 0 Å². The van der Waals surface area contributed by atoms with Gasteiger partial charge in [0, 0.05) is 34.1 Å². The van der Waals surface area contributed by atoms with Gasteiger partial charge in [-0.25, -0.2) is 13.6 Å². The number of aryl methyl sites for hydroxylation is 1. The number of halogens is 2. The number of aliphatic hydroxyl groups excluding tert-OH is 1. The second-order valence-corrected chi connectivity index (χ2v) is 9.44. The highest BCUT2D eigenvalue weighted by atomic mass is 19.1. The van der Waals surface area contributed by atoms with E-state index >= 15 is 8.78 Å². The van der Waals surface area contributed by atoms with Crippen LogP contribution in [-0.2, 0) is 0 Å². The molecule has 0 fully saturated rings. The van der Waals surface area contributed by atoms with Crippen molar-refractivity contribution in [1.29, 1.82) is 0 Å². The number of rotatable bonds is 3. The molecule has 0 aliphatic carbocycles. The molecule has 180 valence electrons. The van der Waals surface area contributed by atoms with Gasteiger partial charge in [-0.05, 0) is 44.5 Å². The third-order valence-electron chi connectivity index (χ3n) is 6.59. The van der Waals surface area contributed by atoms with Crippen molar-refractivity contribution in [3.63, 3.8) is 0 Å². The third-order valence-corrected chi connectivity index (χ3v) is 6.59. The standard InChI is InChI=1S/C27H26F2N4O2/c1-14-13-30-23-16(14)10-7-11-17(23)20-18(28)12-19-21(22(20)29)24(25(34)27(2,3)33-19)32-26(35)31-15-8-5-4-6-9-15/h4-13,24-25,30,33-34H,1-3H3,(H2,31,32,35)/t24-,25?/m0/s1. The Morgan fingerprint density at radius 2 is 1.83 bits per heavy atom. The molecule has 4 aromatic rings. The van der Waals surface area contributed by atoms with E-state index in [0.717, 1.165) is 10.9 Å². The Morgan fingerprint density at radius 3 is 2.57 bits per heavy atom. The van der Waals surface area contributed by atoms with Crippen molar-refractivity contribution in [3.8, 4) is 11.1 Å². The molecule has 2 atom stereocenters. The Morgan fingerprint density at radius 1 is 1.09 bits per heavy atom. The molecule has 1 aliphatic heterocycles. The van der Waals surface area contributed by atoms with Crippen LogP contribution in [0.25, 0.3) is 22.0 Å². The topological polar surface area (TPSA) is 89.2 Å². The minimum absolute atomic E-state index is 0.00304. The number of carbonyl (C=O) groups is 1. The number of aliphatic hydroxyl groups is 1. The van der Waals surface area contributed by atoms with Crippen LogP contribution in [0.15, 0.2) is 60.8 Å². The van der Waals surface area contributed by atoms with Gasteiger partial charge in [0.25, 0.3) is 0 Å². The molecule has 8 heteroatoms. The summed E-state index contributed by atoms with van der Waals surface area (Å²) in [6.45, 7) is 5.32. The van der Waals surface area contributed by atoms with Crippen LogP contribution in [0, 0.1) is 18.6 Å². The lowest BCUT2D eigenvalue weighted by atomic mass is 9.81. The van der Waals surface area contributed by atoms with Crippen molar-refractivity contribution in [2.24, 2.45) is 0 Å². The molecular formula is C27H26F2N4O2. The maximum Gasteiger partial charge on any atom is 0.319 e. The van der Waals surface area contributed by atoms with Gasteiger partial charge in [-0.1, -0.05) is 36.4 Å². The number of amides is 2. The first-order valence-electron chi connectivity index (χ1n) is 11.3. The van der Waals surface area contributed by atoms with Crippen LogP contribution in [0.4, 0.5) is 25.0 Å². The average Bonchev–Trinajstić information content (AvgIpc) is 3.19. The van der Waals surface area contributed by atoms with E-state index in [1.165, 1.54) is 6.07 Å². The predicted octanol–water partition coefficient (Wildman–Crippen LogP) is 5.85. The first-order chi connectivity index (χ1) is 16.7. The maximum absolute atomic E-state index is 16.2. The molecule has 5 N–H and O–H groups in total. The predicted molar refractivity (Wildman–Crippen MR) is 133 cm³/mol. The number of para-hydroxylation sites is 2. The monoisotopic (exact) mass is 476 g/mol. The molecule has 5 rings (SSSR count). The summed E-state index contributed by atoms with van der Waals surface area (Å²) < 4.78 is 31.6. The Bertz CT molecular complexity index is 1430. The summed E-state index contributed by atoms with van der Waals surface area (Å²) in [6.07, 6.45) is 0.585. The van der Waals surface area contributed by atoms with Crippen molar-refractivity contribution < 1.29 is 18.7 Å². The molecule has 0 saturated carbocycles. The lowest BCUT2D eigenvalue weighted by Crippen LogP contribution is -2.55. The van der Waals surface area contributed by atoms with Gasteiger partial charge >= 0.3 is 6.03 Å². The summed E-state index contributed by atoms with van der Waals surface area (Å²) >= 11 is 0. The number of H-pyrrole nitrogens is 1. The first kappa shape index (κ1) is 22.9. The van der Waals surface area contributed by atoms with E-state index in [2.05, 4.69) is 20.9 Å². The van der Waals surface area contributed by atoms with Crippen LogP contribution in [0.1, 0.15) is 31.0 Å². The fraction of sp³-hybridized carbons (Fsp3) is 0.222. The highest BCUT2D eigenvalue weighted by molar-refractivity contribution is 5.97. The molecule has 0 radical (unpaired) electrons. The highest BCUT2D eigenvalue weighted by Gasteiger charge is 2.44. The average molecular weight is 477 g/mol. The molecule has 0 spiro atoms. The van der Waals surface area contributed by atoms with E-state index in [4.69, 9.17) is 0 Å². The minimum atomic E-state index is -1.20. The zero-order chi connectivity index (χ0) is 24.9. The van der Waals surface area contributed by atoms with E-state index in [1.54, 1.807) is 56.4 Å². The second-order valence-electron chi connectivity index (χ2n) is 9.44. The molecule has 3 aromatic carbocycles. The minimum Gasteiger partial charge on any atom is -0.388 e. The van der Waals surface area contributed by atoms with Gasteiger partial charge in [-0.2, -0.15) is 0 Å². The number of aromatic nitrogens is 1.